The summed E-state index contributed by atoms with van der Waals surface area (Å²) in [4.78, 5) is 13.2. The van der Waals surface area contributed by atoms with E-state index >= 15 is 0 Å². The molecule has 1 amide bonds. The van der Waals surface area contributed by atoms with Crippen LogP contribution in [0, 0.1) is 17.7 Å². The Morgan fingerprint density at radius 2 is 1.96 bits per heavy atom. The number of carbonyl (C=O) groups is 1. The third kappa shape index (κ3) is 4.29. The predicted octanol–water partition coefficient (Wildman–Crippen LogP) is 3.74. The topological polar surface area (TPSA) is 38.8 Å². The van der Waals surface area contributed by atoms with Gasteiger partial charge in [-0.25, -0.2) is 8.78 Å². The van der Waals surface area contributed by atoms with E-state index in [0.29, 0.717) is 18.5 Å². The lowest BCUT2D eigenvalue weighted by atomic mass is 9.86. The van der Waals surface area contributed by atoms with Crippen molar-refractivity contribution in [3.63, 3.8) is 0 Å². The number of likely N-dealkylation sites (tertiary alicyclic amines) is 1. The predicted molar refractivity (Wildman–Crippen MR) is 104 cm³/mol. The lowest BCUT2D eigenvalue weighted by Gasteiger charge is -2.32. The Bertz CT molecular complexity index is 854. The molecule has 7 heteroatoms. The van der Waals surface area contributed by atoms with E-state index in [-0.39, 0.29) is 18.0 Å². The Morgan fingerprint density at radius 1 is 1.29 bits per heavy atom. The van der Waals surface area contributed by atoms with Crippen molar-refractivity contribution in [3.05, 3.63) is 40.9 Å². The molecular formula is C21H24BF2NO3. The zero-order valence-electron chi connectivity index (χ0n) is 16.6. The summed E-state index contributed by atoms with van der Waals surface area (Å²) < 4.78 is 40.0. The molecule has 4 nitrogen and oxygen atoms in total. The van der Waals surface area contributed by atoms with Crippen molar-refractivity contribution >= 4 is 19.1 Å². The molecule has 0 unspecified atom stereocenters. The maximum absolute atomic E-state index is 14.6. The largest absolute Gasteiger partial charge is 0.525 e. The van der Waals surface area contributed by atoms with Crippen LogP contribution < -0.4 is 0 Å². The molecular weight excluding hydrogens is 363 g/mol. The first-order valence-corrected chi connectivity index (χ1v) is 9.38. The number of rotatable bonds is 3. The van der Waals surface area contributed by atoms with Crippen molar-refractivity contribution < 1.29 is 22.9 Å². The fourth-order valence-corrected chi connectivity index (χ4v) is 3.01. The summed E-state index contributed by atoms with van der Waals surface area (Å²) >= 11 is 0. The average Bonchev–Trinajstić information content (AvgIpc) is 3.10. The summed E-state index contributed by atoms with van der Waals surface area (Å²) in [6.45, 7) is 8.32. The van der Waals surface area contributed by atoms with Crippen LogP contribution in [0.3, 0.4) is 0 Å². The smallest absolute Gasteiger partial charge is 0.398 e. The van der Waals surface area contributed by atoms with Crippen LogP contribution in [0.1, 0.15) is 51.7 Å². The summed E-state index contributed by atoms with van der Waals surface area (Å²) in [6, 6.07) is 4.18. The minimum atomic E-state index is -1.11. The minimum Gasteiger partial charge on any atom is -0.398 e. The number of hydrogen-bond acceptors (Lipinski definition) is 3. The first kappa shape index (κ1) is 20.6. The van der Waals surface area contributed by atoms with Crippen LogP contribution >= 0.6 is 0 Å². The number of amides is 1. The molecule has 2 heterocycles. The lowest BCUT2D eigenvalue weighted by molar-refractivity contribution is -0.127. The zero-order chi connectivity index (χ0) is 20.5. The Kier molecular flexibility index (Phi) is 5.65. The van der Waals surface area contributed by atoms with E-state index in [4.69, 9.17) is 9.31 Å². The Hall–Kier alpha value is -2.17. The lowest BCUT2D eigenvalue weighted by Crippen LogP contribution is -2.41. The second-order valence-corrected chi connectivity index (χ2v) is 8.08. The fraction of sp³-hybridized carbons (Fsp3) is 0.476. The monoisotopic (exact) mass is 387 g/mol. The highest BCUT2D eigenvalue weighted by Gasteiger charge is 2.53. The summed E-state index contributed by atoms with van der Waals surface area (Å²) in [6.07, 6.45) is 2.62. The van der Waals surface area contributed by atoms with Crippen molar-refractivity contribution in [3.8, 4) is 11.8 Å². The first-order valence-electron chi connectivity index (χ1n) is 9.38. The summed E-state index contributed by atoms with van der Waals surface area (Å²) in [5.41, 5.74) is -1.27. The Labute approximate surface area is 165 Å². The van der Waals surface area contributed by atoms with Gasteiger partial charge in [-0.3, -0.25) is 4.79 Å². The third-order valence-corrected chi connectivity index (χ3v) is 5.44. The second kappa shape index (κ2) is 7.69. The van der Waals surface area contributed by atoms with Gasteiger partial charge in [0.05, 0.1) is 23.3 Å². The van der Waals surface area contributed by atoms with E-state index < -0.39 is 29.9 Å². The molecule has 0 saturated carbocycles. The normalized spacial score (nSPS) is 21.1. The molecule has 2 fully saturated rings. The van der Waals surface area contributed by atoms with Gasteiger partial charge in [0.15, 0.2) is 0 Å². The number of halogens is 2. The maximum atomic E-state index is 14.6. The van der Waals surface area contributed by atoms with E-state index in [2.05, 4.69) is 11.8 Å². The molecule has 148 valence electrons. The van der Waals surface area contributed by atoms with Crippen LogP contribution in [-0.4, -0.2) is 42.2 Å². The highest BCUT2D eigenvalue weighted by molar-refractivity contribution is 6.54. The van der Waals surface area contributed by atoms with E-state index in [9.17, 15) is 13.6 Å². The van der Waals surface area contributed by atoms with E-state index in [1.165, 1.54) is 24.3 Å². The number of benzene rings is 1. The molecule has 0 atom stereocenters. The molecule has 2 aliphatic rings. The summed E-state index contributed by atoms with van der Waals surface area (Å²) in [5, 5.41) is 0. The van der Waals surface area contributed by atoms with Gasteiger partial charge in [-0.1, -0.05) is 17.9 Å². The van der Waals surface area contributed by atoms with Crippen molar-refractivity contribution in [1.82, 2.24) is 4.90 Å². The number of carbonyl (C=O) groups excluding carboxylic acids is 1. The number of hydrogen-bond donors (Lipinski definition) is 0. The fourth-order valence-electron chi connectivity index (χ4n) is 3.01. The van der Waals surface area contributed by atoms with Crippen molar-refractivity contribution in [2.45, 2.75) is 51.7 Å². The highest BCUT2D eigenvalue weighted by atomic mass is 19.1. The molecule has 2 aliphatic heterocycles. The first-order chi connectivity index (χ1) is 13.1. The molecule has 0 spiro atoms. The zero-order valence-corrected chi connectivity index (χ0v) is 16.6. The van der Waals surface area contributed by atoms with Crippen LogP contribution in [0.25, 0.3) is 6.08 Å². The van der Waals surface area contributed by atoms with Crippen LogP contribution in [0.15, 0.2) is 23.9 Å². The van der Waals surface area contributed by atoms with Crippen LogP contribution in [0.2, 0.25) is 0 Å². The molecule has 0 radical (unpaired) electrons. The molecule has 28 heavy (non-hydrogen) atoms. The summed E-state index contributed by atoms with van der Waals surface area (Å²) in [5.74, 6) is 5.13. The average molecular weight is 387 g/mol. The number of nitrogens with zero attached hydrogens (tertiary/aromatic N) is 1. The van der Waals surface area contributed by atoms with Crippen molar-refractivity contribution in [2.24, 2.45) is 0 Å². The second-order valence-electron chi connectivity index (χ2n) is 8.08. The SMILES string of the molecule is CC1(C)OB(C(F)=Cc2ccc(F)c(C#CCN3CCCC3=O)c2)OC1(C)C. The van der Waals surface area contributed by atoms with Crippen LogP contribution in [0.4, 0.5) is 8.78 Å². The van der Waals surface area contributed by atoms with E-state index in [1.54, 1.807) is 4.90 Å². The van der Waals surface area contributed by atoms with Crippen LogP contribution in [0.5, 0.6) is 0 Å². The Balaban J connectivity index is 1.74. The maximum Gasteiger partial charge on any atom is 0.525 e. The van der Waals surface area contributed by atoms with Crippen molar-refractivity contribution in [2.75, 3.05) is 13.1 Å². The molecule has 0 bridgehead atoms. The molecule has 0 N–H and O–H groups in total. The van der Waals surface area contributed by atoms with Gasteiger partial charge in [0, 0.05) is 13.0 Å². The highest BCUT2D eigenvalue weighted by Crippen LogP contribution is 2.39. The summed E-state index contributed by atoms with van der Waals surface area (Å²) in [7, 11) is -1.11. The Morgan fingerprint density at radius 3 is 2.57 bits per heavy atom. The standard InChI is InChI=1S/C21H24BF2NO3/c1-20(2)21(3,4)28-22(27-20)18(24)14-15-9-10-17(23)16(13-15)7-5-11-25-12-6-8-19(25)26/h9-10,13-14H,6,8,11-12H2,1-4H3. The quantitative estimate of drug-likeness (QED) is 0.586. The molecule has 1 aromatic rings. The van der Waals surface area contributed by atoms with Gasteiger partial charge in [0.25, 0.3) is 0 Å². The van der Waals surface area contributed by atoms with Crippen molar-refractivity contribution in [1.29, 1.82) is 0 Å². The van der Waals surface area contributed by atoms with Gasteiger partial charge in [-0.05, 0) is 57.9 Å². The van der Waals surface area contributed by atoms with Gasteiger partial charge < -0.3 is 14.2 Å². The molecule has 0 aliphatic carbocycles. The molecule has 3 rings (SSSR count). The molecule has 2 saturated heterocycles. The van der Waals surface area contributed by atoms with Gasteiger partial charge in [0.2, 0.25) is 5.91 Å². The van der Waals surface area contributed by atoms with Gasteiger partial charge >= 0.3 is 7.12 Å². The molecule has 0 aromatic heterocycles. The minimum absolute atomic E-state index is 0.0657. The molecule has 1 aromatic carbocycles. The third-order valence-electron chi connectivity index (χ3n) is 5.44. The van der Waals surface area contributed by atoms with Crippen LogP contribution in [-0.2, 0) is 14.1 Å². The van der Waals surface area contributed by atoms with Gasteiger partial charge in [0.1, 0.15) is 11.5 Å². The van der Waals surface area contributed by atoms with E-state index in [1.807, 2.05) is 27.7 Å². The van der Waals surface area contributed by atoms with Gasteiger partial charge in [-0.15, -0.1) is 0 Å². The van der Waals surface area contributed by atoms with E-state index in [0.717, 1.165) is 6.42 Å². The van der Waals surface area contributed by atoms with Gasteiger partial charge in [-0.2, -0.15) is 0 Å².